The highest BCUT2D eigenvalue weighted by Gasteiger charge is 1.92. The molecule has 74 valence electrons. The largest absolute Gasteiger partial charge is 0.0622 e. The fraction of sp³-hybridized carbons (Fsp3) is 0. The smallest absolute Gasteiger partial charge is 0.0202 e. The molecular weight excluding hydrogens is 295 g/mol. The molecule has 2 rings (SSSR count). The number of benzene rings is 2. The molecule has 0 unspecified atom stereocenters. The first-order chi connectivity index (χ1) is 7.36. The third-order valence-electron chi connectivity index (χ3n) is 2.16. The number of hydrogen-bond donors (Lipinski definition) is 0. The van der Waals surface area contributed by atoms with Gasteiger partial charge in [-0.25, -0.2) is 0 Å². The molecule has 0 bridgehead atoms. The van der Waals surface area contributed by atoms with Crippen molar-refractivity contribution in [2.45, 2.75) is 0 Å². The van der Waals surface area contributed by atoms with Crippen LogP contribution in [-0.2, 0) is 0 Å². The van der Waals surface area contributed by atoms with Crippen LogP contribution in [0.25, 0.3) is 12.2 Å². The highest BCUT2D eigenvalue weighted by atomic mass is 127. The third-order valence-corrected chi connectivity index (χ3v) is 3.14. The molecule has 0 aliphatic heterocycles. The normalized spacial score (nSPS) is 10.7. The van der Waals surface area contributed by atoms with Crippen LogP contribution in [0.4, 0.5) is 0 Å². The van der Waals surface area contributed by atoms with Crippen molar-refractivity contribution in [1.82, 2.24) is 0 Å². The fourth-order valence-electron chi connectivity index (χ4n) is 1.36. The van der Waals surface area contributed by atoms with Crippen molar-refractivity contribution in [2.75, 3.05) is 0 Å². The van der Waals surface area contributed by atoms with Crippen molar-refractivity contribution < 1.29 is 0 Å². The first-order valence-corrected chi connectivity index (χ1v) is 5.92. The lowest BCUT2D eigenvalue weighted by Crippen LogP contribution is -1.77. The Morgan fingerprint density at radius 2 is 1.40 bits per heavy atom. The van der Waals surface area contributed by atoms with Gasteiger partial charge in [0, 0.05) is 3.57 Å². The summed E-state index contributed by atoms with van der Waals surface area (Å²) in [6, 6.07) is 18.7. The molecule has 0 nitrogen and oxygen atoms in total. The predicted octanol–water partition coefficient (Wildman–Crippen LogP) is 4.46. The number of rotatable bonds is 2. The third kappa shape index (κ3) is 2.93. The summed E-state index contributed by atoms with van der Waals surface area (Å²) < 4.78 is 1.28. The van der Waals surface area contributed by atoms with Crippen LogP contribution in [0.5, 0.6) is 0 Å². The fourth-order valence-corrected chi connectivity index (χ4v) is 1.93. The standard InChI is InChI=1S/C14H11I/c15-14-9-5-4-8-13(14)11-10-12-6-2-1-3-7-12/h1-11H/b11-10-. The van der Waals surface area contributed by atoms with Crippen LogP contribution in [0.1, 0.15) is 11.1 Å². The molecule has 0 heterocycles. The topological polar surface area (TPSA) is 0 Å². The number of hydrogen-bond acceptors (Lipinski definition) is 0. The van der Waals surface area contributed by atoms with Gasteiger partial charge in [0.15, 0.2) is 0 Å². The van der Waals surface area contributed by atoms with Gasteiger partial charge < -0.3 is 0 Å². The summed E-state index contributed by atoms with van der Waals surface area (Å²) in [5, 5.41) is 0. The van der Waals surface area contributed by atoms with Crippen LogP contribution in [-0.4, -0.2) is 0 Å². The van der Waals surface area contributed by atoms with Crippen LogP contribution in [0.2, 0.25) is 0 Å². The van der Waals surface area contributed by atoms with Crippen molar-refractivity contribution in [1.29, 1.82) is 0 Å². The van der Waals surface area contributed by atoms with E-state index >= 15 is 0 Å². The van der Waals surface area contributed by atoms with Gasteiger partial charge in [0.05, 0.1) is 0 Å². The maximum absolute atomic E-state index is 2.35. The summed E-state index contributed by atoms with van der Waals surface area (Å²) in [6.07, 6.45) is 4.29. The predicted molar refractivity (Wildman–Crippen MR) is 74.5 cm³/mol. The zero-order valence-corrected chi connectivity index (χ0v) is 10.4. The minimum Gasteiger partial charge on any atom is -0.0622 e. The summed E-state index contributed by atoms with van der Waals surface area (Å²) in [6.45, 7) is 0. The molecule has 2 aromatic carbocycles. The van der Waals surface area contributed by atoms with E-state index in [1.807, 2.05) is 6.07 Å². The molecule has 0 saturated heterocycles. The van der Waals surface area contributed by atoms with Gasteiger partial charge >= 0.3 is 0 Å². The van der Waals surface area contributed by atoms with Crippen molar-refractivity contribution in [2.24, 2.45) is 0 Å². The maximum Gasteiger partial charge on any atom is 0.0202 e. The molecule has 0 saturated carbocycles. The van der Waals surface area contributed by atoms with Crippen molar-refractivity contribution in [3.05, 3.63) is 69.3 Å². The van der Waals surface area contributed by atoms with Gasteiger partial charge in [0.25, 0.3) is 0 Å². The van der Waals surface area contributed by atoms with Gasteiger partial charge in [-0.05, 0) is 39.8 Å². The molecule has 0 spiro atoms. The Morgan fingerprint density at radius 3 is 2.13 bits per heavy atom. The van der Waals surface area contributed by atoms with Gasteiger partial charge in [-0.15, -0.1) is 0 Å². The second-order valence-electron chi connectivity index (χ2n) is 3.27. The van der Waals surface area contributed by atoms with Gasteiger partial charge in [0.1, 0.15) is 0 Å². The molecule has 0 radical (unpaired) electrons. The molecule has 0 amide bonds. The van der Waals surface area contributed by atoms with E-state index in [1.54, 1.807) is 0 Å². The average molecular weight is 306 g/mol. The Morgan fingerprint density at radius 1 is 0.733 bits per heavy atom. The van der Waals surface area contributed by atoms with Crippen LogP contribution in [0.3, 0.4) is 0 Å². The summed E-state index contributed by atoms with van der Waals surface area (Å²) in [7, 11) is 0. The Hall–Kier alpha value is -1.09. The average Bonchev–Trinajstić information content (AvgIpc) is 2.29. The van der Waals surface area contributed by atoms with E-state index in [-0.39, 0.29) is 0 Å². The van der Waals surface area contributed by atoms with Crippen LogP contribution < -0.4 is 0 Å². The van der Waals surface area contributed by atoms with Gasteiger partial charge in [-0.2, -0.15) is 0 Å². The summed E-state index contributed by atoms with van der Waals surface area (Å²) in [5.74, 6) is 0. The van der Waals surface area contributed by atoms with E-state index in [2.05, 4.69) is 83.3 Å². The SMILES string of the molecule is Ic1ccccc1/C=C\c1ccccc1. The molecule has 1 heteroatoms. The quantitative estimate of drug-likeness (QED) is 0.567. The Labute approximate surface area is 104 Å². The second-order valence-corrected chi connectivity index (χ2v) is 4.43. The van der Waals surface area contributed by atoms with Gasteiger partial charge in [0.2, 0.25) is 0 Å². The lowest BCUT2D eigenvalue weighted by atomic mass is 10.1. The molecule has 0 aromatic heterocycles. The van der Waals surface area contributed by atoms with E-state index in [0.29, 0.717) is 0 Å². The highest BCUT2D eigenvalue weighted by molar-refractivity contribution is 14.1. The Balaban J connectivity index is 2.23. The second kappa shape index (κ2) is 5.12. The minimum atomic E-state index is 1.23. The molecule has 0 aliphatic rings. The van der Waals surface area contributed by atoms with E-state index in [1.165, 1.54) is 14.7 Å². The zero-order valence-electron chi connectivity index (χ0n) is 8.23. The zero-order chi connectivity index (χ0) is 10.5. The van der Waals surface area contributed by atoms with Gasteiger partial charge in [-0.1, -0.05) is 60.7 Å². The van der Waals surface area contributed by atoms with E-state index in [4.69, 9.17) is 0 Å². The van der Waals surface area contributed by atoms with Crippen LogP contribution in [0, 0.1) is 3.57 Å². The van der Waals surface area contributed by atoms with Crippen LogP contribution >= 0.6 is 22.6 Å². The molecule has 15 heavy (non-hydrogen) atoms. The molecular formula is C14H11I. The Kier molecular flexibility index (Phi) is 3.56. The molecule has 0 aliphatic carbocycles. The summed E-state index contributed by atoms with van der Waals surface area (Å²) in [5.41, 5.74) is 2.50. The number of halogens is 1. The van der Waals surface area contributed by atoms with E-state index in [9.17, 15) is 0 Å². The minimum absolute atomic E-state index is 1.23. The highest BCUT2D eigenvalue weighted by Crippen LogP contribution is 2.14. The lowest BCUT2D eigenvalue weighted by molar-refractivity contribution is 1.60. The summed E-state index contributed by atoms with van der Waals surface area (Å²) in [4.78, 5) is 0. The van der Waals surface area contributed by atoms with Crippen molar-refractivity contribution >= 4 is 34.7 Å². The maximum atomic E-state index is 2.35. The van der Waals surface area contributed by atoms with Crippen molar-refractivity contribution in [3.8, 4) is 0 Å². The lowest BCUT2D eigenvalue weighted by Gasteiger charge is -1.97. The molecule has 0 atom stereocenters. The Bertz CT molecular complexity index is 458. The van der Waals surface area contributed by atoms with Gasteiger partial charge in [-0.3, -0.25) is 0 Å². The first kappa shape index (κ1) is 10.4. The van der Waals surface area contributed by atoms with E-state index < -0.39 is 0 Å². The summed E-state index contributed by atoms with van der Waals surface area (Å²) >= 11 is 2.35. The first-order valence-electron chi connectivity index (χ1n) is 4.84. The molecule has 0 fully saturated rings. The van der Waals surface area contributed by atoms with E-state index in [0.717, 1.165) is 0 Å². The molecule has 0 N–H and O–H groups in total. The monoisotopic (exact) mass is 306 g/mol. The van der Waals surface area contributed by atoms with Crippen LogP contribution in [0.15, 0.2) is 54.6 Å². The van der Waals surface area contributed by atoms with Crippen molar-refractivity contribution in [3.63, 3.8) is 0 Å². The molecule has 2 aromatic rings.